The molecule has 0 spiro atoms. The van der Waals surface area contributed by atoms with Crippen LogP contribution in [0.1, 0.15) is 10.4 Å². The van der Waals surface area contributed by atoms with E-state index in [1.807, 2.05) is 0 Å². The highest BCUT2D eigenvalue weighted by Gasteiger charge is 2.18. The lowest BCUT2D eigenvalue weighted by atomic mass is 10.1. The van der Waals surface area contributed by atoms with Crippen LogP contribution in [0.4, 0.5) is 10.2 Å². The van der Waals surface area contributed by atoms with E-state index in [1.165, 1.54) is 10.8 Å². The summed E-state index contributed by atoms with van der Waals surface area (Å²) in [5, 5.41) is 20.6. The summed E-state index contributed by atoms with van der Waals surface area (Å²) >= 11 is 0. The molecule has 7 nitrogen and oxygen atoms in total. The number of anilines is 1. The second kappa shape index (κ2) is 6.70. The first-order chi connectivity index (χ1) is 12.0. The molecule has 3 aromatic rings. The molecule has 0 aliphatic heterocycles. The zero-order valence-electron chi connectivity index (χ0n) is 12.9. The first-order valence-corrected chi connectivity index (χ1v) is 7.42. The van der Waals surface area contributed by atoms with Crippen LogP contribution in [0.5, 0.6) is 0 Å². The van der Waals surface area contributed by atoms with Gasteiger partial charge in [0.2, 0.25) is 5.43 Å². The van der Waals surface area contributed by atoms with Crippen molar-refractivity contribution in [3.05, 3.63) is 64.2 Å². The van der Waals surface area contributed by atoms with E-state index >= 15 is 0 Å². The van der Waals surface area contributed by atoms with E-state index in [0.29, 0.717) is 5.69 Å². The minimum atomic E-state index is -1.40. The molecular weight excluding hydrogens is 329 g/mol. The Hall–Kier alpha value is -3.26. The van der Waals surface area contributed by atoms with Crippen molar-refractivity contribution >= 4 is 22.8 Å². The Bertz CT molecular complexity index is 1000. The normalized spacial score (nSPS) is 10.8. The molecule has 8 heteroatoms. The molecule has 0 amide bonds. The summed E-state index contributed by atoms with van der Waals surface area (Å²) in [6.07, 6.45) is 1.17. The van der Waals surface area contributed by atoms with Gasteiger partial charge in [-0.25, -0.2) is 14.2 Å². The molecule has 1 aromatic carbocycles. The van der Waals surface area contributed by atoms with E-state index in [2.05, 4.69) is 10.3 Å². The van der Waals surface area contributed by atoms with Crippen LogP contribution in [0.3, 0.4) is 0 Å². The third-order valence-corrected chi connectivity index (χ3v) is 3.60. The molecule has 3 N–H and O–H groups in total. The van der Waals surface area contributed by atoms with Crippen LogP contribution >= 0.6 is 0 Å². The van der Waals surface area contributed by atoms with Crippen LogP contribution in [0, 0.1) is 5.82 Å². The van der Waals surface area contributed by atoms with Gasteiger partial charge >= 0.3 is 5.97 Å². The summed E-state index contributed by atoms with van der Waals surface area (Å²) < 4.78 is 15.6. The van der Waals surface area contributed by atoms with E-state index in [1.54, 1.807) is 30.3 Å². The molecule has 0 fully saturated rings. The second-order valence-corrected chi connectivity index (χ2v) is 5.22. The number of nitrogens with one attached hydrogen (secondary N) is 1. The van der Waals surface area contributed by atoms with Gasteiger partial charge in [0.1, 0.15) is 5.56 Å². The first-order valence-electron chi connectivity index (χ1n) is 7.42. The average molecular weight is 343 g/mol. The molecule has 3 rings (SSSR count). The molecule has 25 heavy (non-hydrogen) atoms. The quantitative estimate of drug-likeness (QED) is 0.650. The maximum Gasteiger partial charge on any atom is 0.341 e. The molecule has 0 unspecified atom stereocenters. The second-order valence-electron chi connectivity index (χ2n) is 5.22. The van der Waals surface area contributed by atoms with E-state index in [9.17, 15) is 19.1 Å². The molecule has 2 aromatic heterocycles. The molecule has 0 aliphatic carbocycles. The monoisotopic (exact) mass is 343 g/mol. The Morgan fingerprint density at radius 3 is 2.64 bits per heavy atom. The van der Waals surface area contributed by atoms with Gasteiger partial charge in [0.05, 0.1) is 12.0 Å². The number of halogens is 1. The van der Waals surface area contributed by atoms with Crippen LogP contribution in [-0.4, -0.2) is 38.9 Å². The zero-order chi connectivity index (χ0) is 18.0. The molecule has 0 bridgehead atoms. The third-order valence-electron chi connectivity index (χ3n) is 3.60. The molecule has 0 aliphatic rings. The fraction of sp³-hybridized carbons (Fsp3) is 0.118. The van der Waals surface area contributed by atoms with Crippen molar-refractivity contribution in [1.82, 2.24) is 9.55 Å². The summed E-state index contributed by atoms with van der Waals surface area (Å²) in [5.74, 6) is -2.34. The SMILES string of the molecule is O=C(O)c1cn(-c2ccccc2)c2nc(NCCO)c(F)cc2c1=O. The van der Waals surface area contributed by atoms with Gasteiger partial charge in [-0.3, -0.25) is 4.79 Å². The largest absolute Gasteiger partial charge is 0.477 e. The number of aliphatic hydroxyl groups is 1. The van der Waals surface area contributed by atoms with Gasteiger partial charge < -0.3 is 20.1 Å². The molecule has 0 saturated carbocycles. The van der Waals surface area contributed by atoms with Crippen molar-refractivity contribution < 1.29 is 19.4 Å². The number of carboxylic acids is 1. The summed E-state index contributed by atoms with van der Waals surface area (Å²) in [7, 11) is 0. The van der Waals surface area contributed by atoms with Crippen LogP contribution in [0.25, 0.3) is 16.7 Å². The number of carboxylic acid groups (broad SMARTS) is 1. The van der Waals surface area contributed by atoms with Gasteiger partial charge in [-0.15, -0.1) is 0 Å². The predicted octanol–water partition coefficient (Wildman–Crippen LogP) is 1.63. The number of hydrogen-bond acceptors (Lipinski definition) is 5. The fourth-order valence-corrected chi connectivity index (χ4v) is 2.46. The van der Waals surface area contributed by atoms with Gasteiger partial charge in [-0.2, -0.15) is 0 Å². The van der Waals surface area contributed by atoms with Crippen LogP contribution < -0.4 is 10.7 Å². The maximum atomic E-state index is 14.2. The summed E-state index contributed by atoms with van der Waals surface area (Å²) in [5.41, 5.74) is -0.603. The number of nitrogens with zero attached hydrogens (tertiary/aromatic N) is 2. The number of aromatic carboxylic acids is 1. The number of hydrogen-bond donors (Lipinski definition) is 3. The summed E-state index contributed by atoms with van der Waals surface area (Å²) in [4.78, 5) is 27.9. The van der Waals surface area contributed by atoms with Crippen LogP contribution in [0.2, 0.25) is 0 Å². The average Bonchev–Trinajstić information content (AvgIpc) is 2.61. The van der Waals surface area contributed by atoms with Crippen LogP contribution in [0.15, 0.2) is 47.4 Å². The number of rotatable bonds is 5. The lowest BCUT2D eigenvalue weighted by molar-refractivity contribution is 0.0695. The Labute approximate surface area is 141 Å². The number of aliphatic hydroxyl groups excluding tert-OH is 1. The van der Waals surface area contributed by atoms with Gasteiger partial charge in [-0.05, 0) is 18.2 Å². The zero-order valence-corrected chi connectivity index (χ0v) is 12.9. The third kappa shape index (κ3) is 3.07. The smallest absolute Gasteiger partial charge is 0.341 e. The van der Waals surface area contributed by atoms with Crippen LogP contribution in [-0.2, 0) is 0 Å². The minimum Gasteiger partial charge on any atom is -0.477 e. The van der Waals surface area contributed by atoms with Crippen molar-refractivity contribution in [2.75, 3.05) is 18.5 Å². The lowest BCUT2D eigenvalue weighted by Crippen LogP contribution is -2.20. The van der Waals surface area contributed by atoms with E-state index in [0.717, 1.165) is 6.07 Å². The van der Waals surface area contributed by atoms with Crippen molar-refractivity contribution in [3.63, 3.8) is 0 Å². The highest BCUT2D eigenvalue weighted by Crippen LogP contribution is 2.21. The molecule has 2 heterocycles. The number of carbonyl (C=O) groups is 1. The van der Waals surface area contributed by atoms with Gasteiger partial charge in [0, 0.05) is 18.4 Å². The van der Waals surface area contributed by atoms with E-state index < -0.39 is 22.8 Å². The number of aromatic nitrogens is 2. The highest BCUT2D eigenvalue weighted by atomic mass is 19.1. The first kappa shape index (κ1) is 16.6. The number of para-hydroxylation sites is 1. The molecule has 0 atom stereocenters. The topological polar surface area (TPSA) is 104 Å². The van der Waals surface area contributed by atoms with Crippen molar-refractivity contribution in [2.45, 2.75) is 0 Å². The van der Waals surface area contributed by atoms with Gasteiger partial charge in [0.15, 0.2) is 17.3 Å². The molecule has 0 saturated heterocycles. The predicted molar refractivity (Wildman–Crippen MR) is 89.8 cm³/mol. The van der Waals surface area contributed by atoms with E-state index in [4.69, 9.17) is 5.11 Å². The number of fused-ring (bicyclic) bond motifs is 1. The molecule has 0 radical (unpaired) electrons. The maximum absolute atomic E-state index is 14.2. The van der Waals surface area contributed by atoms with Crippen molar-refractivity contribution in [2.24, 2.45) is 0 Å². The molecular formula is C17H14FN3O4. The van der Waals surface area contributed by atoms with Crippen molar-refractivity contribution in [3.8, 4) is 5.69 Å². The summed E-state index contributed by atoms with van der Waals surface area (Å²) in [6, 6.07) is 9.65. The Morgan fingerprint density at radius 1 is 1.28 bits per heavy atom. The lowest BCUT2D eigenvalue weighted by Gasteiger charge is -2.13. The number of pyridine rings is 2. The van der Waals surface area contributed by atoms with Gasteiger partial charge in [-0.1, -0.05) is 18.2 Å². The fourth-order valence-electron chi connectivity index (χ4n) is 2.46. The summed E-state index contributed by atoms with van der Waals surface area (Å²) in [6.45, 7) is -0.138. The number of benzene rings is 1. The standard InChI is InChI=1S/C17H14FN3O4/c18-13-8-11-14(23)12(17(24)25)9-21(10-4-2-1-3-5-10)16(11)20-15(13)19-6-7-22/h1-5,8-9,22H,6-7H2,(H,19,20)(H,24,25). The Kier molecular flexibility index (Phi) is 4.44. The Balaban J connectivity index is 2.37. The Morgan fingerprint density at radius 2 is 2.00 bits per heavy atom. The minimum absolute atomic E-state index is 0.0816. The van der Waals surface area contributed by atoms with Crippen molar-refractivity contribution in [1.29, 1.82) is 0 Å². The van der Waals surface area contributed by atoms with Gasteiger partial charge in [0.25, 0.3) is 0 Å². The highest BCUT2D eigenvalue weighted by molar-refractivity contribution is 5.92. The van der Waals surface area contributed by atoms with E-state index in [-0.39, 0.29) is 30.0 Å². The molecule has 128 valence electrons.